The van der Waals surface area contributed by atoms with E-state index in [1.165, 1.54) is 32.1 Å². The SMILES string of the molecule is O=C(O)c1ccc(CNC2C3CCOC3C23CCCC3)cc1. The largest absolute Gasteiger partial charge is 0.478 e. The first-order valence-corrected chi connectivity index (χ1v) is 8.38. The average molecular weight is 301 g/mol. The lowest BCUT2D eigenvalue weighted by Crippen LogP contribution is -2.67. The summed E-state index contributed by atoms with van der Waals surface area (Å²) < 4.78 is 6.01. The van der Waals surface area contributed by atoms with Gasteiger partial charge in [0.15, 0.2) is 0 Å². The van der Waals surface area contributed by atoms with Crippen molar-refractivity contribution in [3.8, 4) is 0 Å². The maximum atomic E-state index is 10.9. The third kappa shape index (κ3) is 2.09. The first-order chi connectivity index (χ1) is 10.7. The van der Waals surface area contributed by atoms with Crippen molar-refractivity contribution in [2.75, 3.05) is 6.61 Å². The van der Waals surface area contributed by atoms with E-state index < -0.39 is 5.97 Å². The molecule has 1 spiro atoms. The summed E-state index contributed by atoms with van der Waals surface area (Å²) in [5.74, 6) is -0.189. The van der Waals surface area contributed by atoms with Crippen molar-refractivity contribution in [3.05, 3.63) is 35.4 Å². The van der Waals surface area contributed by atoms with Gasteiger partial charge in [0, 0.05) is 30.5 Å². The van der Waals surface area contributed by atoms with E-state index in [9.17, 15) is 4.79 Å². The molecule has 2 N–H and O–H groups in total. The van der Waals surface area contributed by atoms with Gasteiger partial charge in [-0.1, -0.05) is 25.0 Å². The Morgan fingerprint density at radius 1 is 1.27 bits per heavy atom. The fraction of sp³-hybridized carbons (Fsp3) is 0.611. The molecule has 3 aliphatic rings. The van der Waals surface area contributed by atoms with Gasteiger partial charge < -0.3 is 15.2 Å². The van der Waals surface area contributed by atoms with Gasteiger partial charge in [-0.05, 0) is 37.0 Å². The topological polar surface area (TPSA) is 58.6 Å². The molecule has 22 heavy (non-hydrogen) atoms. The number of carboxylic acids is 1. The Kier molecular flexibility index (Phi) is 3.46. The number of benzene rings is 1. The average Bonchev–Trinajstić information content (AvgIpc) is 3.16. The van der Waals surface area contributed by atoms with Crippen LogP contribution < -0.4 is 5.32 Å². The molecular formula is C18H23NO3. The van der Waals surface area contributed by atoms with Gasteiger partial charge in [-0.3, -0.25) is 0 Å². The van der Waals surface area contributed by atoms with E-state index in [2.05, 4.69) is 5.32 Å². The summed E-state index contributed by atoms with van der Waals surface area (Å²) in [6.07, 6.45) is 6.92. The van der Waals surface area contributed by atoms with E-state index in [0.29, 0.717) is 29.0 Å². The monoisotopic (exact) mass is 301 g/mol. The van der Waals surface area contributed by atoms with Crippen LogP contribution in [0.15, 0.2) is 24.3 Å². The van der Waals surface area contributed by atoms with Crippen molar-refractivity contribution in [3.63, 3.8) is 0 Å². The summed E-state index contributed by atoms with van der Waals surface area (Å²) in [5.41, 5.74) is 1.88. The molecule has 4 heteroatoms. The predicted octanol–water partition coefficient (Wildman–Crippen LogP) is 2.82. The number of carboxylic acid groups (broad SMARTS) is 1. The molecule has 1 heterocycles. The molecule has 2 aliphatic carbocycles. The van der Waals surface area contributed by atoms with Gasteiger partial charge >= 0.3 is 5.97 Å². The number of carbonyl (C=O) groups is 1. The highest BCUT2D eigenvalue weighted by Gasteiger charge is 2.64. The number of nitrogens with one attached hydrogen (secondary N) is 1. The van der Waals surface area contributed by atoms with E-state index in [1.807, 2.05) is 12.1 Å². The maximum Gasteiger partial charge on any atom is 0.335 e. The number of aromatic carboxylic acids is 1. The van der Waals surface area contributed by atoms with E-state index in [1.54, 1.807) is 12.1 Å². The van der Waals surface area contributed by atoms with Gasteiger partial charge in [-0.25, -0.2) is 4.79 Å². The van der Waals surface area contributed by atoms with Crippen LogP contribution in [0.1, 0.15) is 48.0 Å². The highest BCUT2D eigenvalue weighted by Crippen LogP contribution is 2.60. The van der Waals surface area contributed by atoms with E-state index >= 15 is 0 Å². The Bertz CT molecular complexity index is 562. The van der Waals surface area contributed by atoms with Gasteiger partial charge in [-0.2, -0.15) is 0 Å². The van der Waals surface area contributed by atoms with E-state index in [-0.39, 0.29) is 0 Å². The Labute approximate surface area is 130 Å². The normalized spacial score (nSPS) is 31.9. The second-order valence-corrected chi connectivity index (χ2v) is 7.04. The molecule has 1 aromatic carbocycles. The van der Waals surface area contributed by atoms with E-state index in [0.717, 1.165) is 18.7 Å². The second kappa shape index (κ2) is 5.36. The zero-order chi connectivity index (χ0) is 15.2. The van der Waals surface area contributed by atoms with Crippen LogP contribution in [0.3, 0.4) is 0 Å². The molecule has 0 radical (unpaired) electrons. The fourth-order valence-electron chi connectivity index (χ4n) is 5.00. The Morgan fingerprint density at radius 2 is 2.00 bits per heavy atom. The molecule has 1 saturated heterocycles. The van der Waals surface area contributed by atoms with Crippen molar-refractivity contribution in [1.82, 2.24) is 5.32 Å². The summed E-state index contributed by atoms with van der Waals surface area (Å²) in [6.45, 7) is 1.73. The fourth-order valence-corrected chi connectivity index (χ4v) is 5.00. The lowest BCUT2D eigenvalue weighted by atomic mass is 9.54. The van der Waals surface area contributed by atoms with Crippen molar-refractivity contribution in [2.24, 2.45) is 11.3 Å². The van der Waals surface area contributed by atoms with Crippen LogP contribution in [0.2, 0.25) is 0 Å². The zero-order valence-electron chi connectivity index (χ0n) is 12.8. The molecule has 4 rings (SSSR count). The minimum atomic E-state index is -0.866. The van der Waals surface area contributed by atoms with Crippen molar-refractivity contribution >= 4 is 5.97 Å². The molecule has 2 saturated carbocycles. The smallest absolute Gasteiger partial charge is 0.335 e. The van der Waals surface area contributed by atoms with Gasteiger partial charge in [-0.15, -0.1) is 0 Å². The number of hydrogen-bond acceptors (Lipinski definition) is 3. The summed E-state index contributed by atoms with van der Waals surface area (Å²) in [7, 11) is 0. The Balaban J connectivity index is 1.43. The van der Waals surface area contributed by atoms with Crippen LogP contribution in [0.5, 0.6) is 0 Å². The number of hydrogen-bond donors (Lipinski definition) is 2. The van der Waals surface area contributed by atoms with Crippen LogP contribution in [0.4, 0.5) is 0 Å². The standard InChI is InChI=1S/C18H23NO3/c20-17(21)13-5-3-12(4-6-13)11-19-15-14-7-10-22-16(14)18(15)8-1-2-9-18/h3-6,14-16,19H,1-2,7-11H2,(H,20,21). The highest BCUT2D eigenvalue weighted by molar-refractivity contribution is 5.87. The summed E-state index contributed by atoms with van der Waals surface area (Å²) in [5, 5.41) is 12.7. The van der Waals surface area contributed by atoms with Gasteiger partial charge in [0.05, 0.1) is 11.7 Å². The summed E-state index contributed by atoms with van der Waals surface area (Å²) in [4.78, 5) is 10.9. The second-order valence-electron chi connectivity index (χ2n) is 7.04. The molecule has 3 fully saturated rings. The molecule has 118 valence electrons. The Hall–Kier alpha value is -1.39. The van der Waals surface area contributed by atoms with Crippen LogP contribution >= 0.6 is 0 Å². The van der Waals surface area contributed by atoms with Gasteiger partial charge in [0.2, 0.25) is 0 Å². The lowest BCUT2D eigenvalue weighted by molar-refractivity contribution is -0.130. The lowest BCUT2D eigenvalue weighted by Gasteiger charge is -2.57. The summed E-state index contributed by atoms with van der Waals surface area (Å²) >= 11 is 0. The third-order valence-corrected chi connectivity index (χ3v) is 6.01. The van der Waals surface area contributed by atoms with Crippen molar-refractivity contribution in [2.45, 2.75) is 50.8 Å². The molecule has 3 atom stereocenters. The predicted molar refractivity (Wildman–Crippen MR) is 82.8 cm³/mol. The third-order valence-electron chi connectivity index (χ3n) is 6.01. The molecule has 3 unspecified atom stereocenters. The van der Waals surface area contributed by atoms with Crippen LogP contribution in [0, 0.1) is 11.3 Å². The molecular weight excluding hydrogens is 278 g/mol. The van der Waals surface area contributed by atoms with Crippen LogP contribution in [-0.4, -0.2) is 29.8 Å². The van der Waals surface area contributed by atoms with Gasteiger partial charge in [0.25, 0.3) is 0 Å². The molecule has 4 nitrogen and oxygen atoms in total. The van der Waals surface area contributed by atoms with Crippen molar-refractivity contribution in [1.29, 1.82) is 0 Å². The zero-order valence-corrected chi connectivity index (χ0v) is 12.8. The first-order valence-electron chi connectivity index (χ1n) is 8.38. The van der Waals surface area contributed by atoms with Crippen LogP contribution in [-0.2, 0) is 11.3 Å². The highest BCUT2D eigenvalue weighted by atomic mass is 16.5. The van der Waals surface area contributed by atoms with Crippen LogP contribution in [0.25, 0.3) is 0 Å². The molecule has 0 amide bonds. The number of rotatable bonds is 4. The first kappa shape index (κ1) is 14.2. The molecule has 1 aliphatic heterocycles. The summed E-state index contributed by atoms with van der Waals surface area (Å²) in [6, 6.07) is 7.78. The molecule has 1 aromatic rings. The number of ether oxygens (including phenoxy) is 1. The maximum absolute atomic E-state index is 10.9. The van der Waals surface area contributed by atoms with Crippen molar-refractivity contribution < 1.29 is 14.6 Å². The van der Waals surface area contributed by atoms with Gasteiger partial charge in [0.1, 0.15) is 0 Å². The quantitative estimate of drug-likeness (QED) is 0.898. The number of fused-ring (bicyclic) bond motifs is 2. The minimum Gasteiger partial charge on any atom is -0.478 e. The molecule has 0 bridgehead atoms. The minimum absolute atomic E-state index is 0.351. The van der Waals surface area contributed by atoms with E-state index in [4.69, 9.17) is 9.84 Å². The molecule has 0 aromatic heterocycles. The Morgan fingerprint density at radius 3 is 2.68 bits per heavy atom.